The predicted octanol–water partition coefficient (Wildman–Crippen LogP) is 2.44. The molecule has 0 amide bonds. The molecule has 0 unspecified atom stereocenters. The monoisotopic (exact) mass is 358 g/mol. The summed E-state index contributed by atoms with van der Waals surface area (Å²) in [6.07, 6.45) is 1.53. The molecule has 3 rings (SSSR count). The molecule has 26 heavy (non-hydrogen) atoms. The number of nitrogens with one attached hydrogen (secondary N) is 1. The molecule has 3 aromatic rings. The molecule has 0 radical (unpaired) electrons. The fraction of sp³-hybridized carbons (Fsp3) is 0.278. The molecule has 0 aliphatic carbocycles. The maximum Gasteiger partial charge on any atom is 0.294 e. The van der Waals surface area contributed by atoms with Crippen molar-refractivity contribution in [1.82, 2.24) is 14.5 Å². The van der Waals surface area contributed by atoms with Gasteiger partial charge < -0.3 is 15.2 Å². The Bertz CT molecular complexity index is 1010. The first-order valence-corrected chi connectivity index (χ1v) is 8.00. The predicted molar refractivity (Wildman–Crippen MR) is 96.0 cm³/mol. The largest absolute Gasteiger partial charge is 0.448 e. The zero-order valence-corrected chi connectivity index (χ0v) is 14.7. The van der Waals surface area contributed by atoms with E-state index in [4.69, 9.17) is 4.74 Å². The zero-order chi connectivity index (χ0) is 18.9. The summed E-state index contributed by atoms with van der Waals surface area (Å²) in [6.45, 7) is 3.56. The van der Waals surface area contributed by atoms with Gasteiger partial charge in [0.1, 0.15) is 5.65 Å². The lowest BCUT2D eigenvalue weighted by atomic mass is 10.1. The average Bonchev–Trinajstić information content (AvgIpc) is 2.59. The Kier molecular flexibility index (Phi) is 4.60. The van der Waals surface area contributed by atoms with Crippen LogP contribution in [0.5, 0.6) is 11.5 Å². The third kappa shape index (κ3) is 3.80. The lowest BCUT2D eigenvalue weighted by Crippen LogP contribution is -2.30. The molecular formula is C18H19FN4O3. The quantitative estimate of drug-likeness (QED) is 0.728. The number of benzene rings is 1. The van der Waals surface area contributed by atoms with Crippen LogP contribution in [0.4, 0.5) is 10.3 Å². The summed E-state index contributed by atoms with van der Waals surface area (Å²) in [5.74, 6) is -0.325. The van der Waals surface area contributed by atoms with Crippen LogP contribution in [0.25, 0.3) is 11.0 Å². The molecule has 0 aliphatic heterocycles. The van der Waals surface area contributed by atoms with Crippen LogP contribution < -0.4 is 15.6 Å². The maximum absolute atomic E-state index is 13.8. The Labute approximate surface area is 149 Å². The molecule has 2 N–H and O–H groups in total. The lowest BCUT2D eigenvalue weighted by molar-refractivity contribution is 0.0943. The molecule has 8 heteroatoms. The van der Waals surface area contributed by atoms with Crippen molar-refractivity contribution in [2.45, 2.75) is 19.4 Å². The van der Waals surface area contributed by atoms with E-state index in [-0.39, 0.29) is 24.0 Å². The van der Waals surface area contributed by atoms with Crippen LogP contribution in [0.2, 0.25) is 0 Å². The number of hydrogen-bond donors (Lipinski definition) is 2. The number of hydrogen-bond acceptors (Lipinski definition) is 6. The first-order chi connectivity index (χ1) is 12.2. The van der Waals surface area contributed by atoms with E-state index in [2.05, 4.69) is 15.3 Å². The summed E-state index contributed by atoms with van der Waals surface area (Å²) in [7, 11) is 1.55. The molecule has 0 aliphatic rings. The Morgan fingerprint density at radius 1 is 1.31 bits per heavy atom. The van der Waals surface area contributed by atoms with Gasteiger partial charge in [-0.25, -0.2) is 9.37 Å². The van der Waals surface area contributed by atoms with E-state index in [1.54, 1.807) is 27.0 Å². The lowest BCUT2D eigenvalue weighted by Gasteiger charge is -2.17. The fourth-order valence-electron chi connectivity index (χ4n) is 2.32. The second kappa shape index (κ2) is 6.72. The summed E-state index contributed by atoms with van der Waals surface area (Å²) < 4.78 is 20.5. The molecule has 136 valence electrons. The average molecular weight is 358 g/mol. The van der Waals surface area contributed by atoms with Crippen molar-refractivity contribution in [3.8, 4) is 11.5 Å². The molecule has 0 fully saturated rings. The third-order valence-corrected chi connectivity index (χ3v) is 3.65. The molecule has 0 saturated carbocycles. The van der Waals surface area contributed by atoms with Gasteiger partial charge in [-0.2, -0.15) is 4.98 Å². The van der Waals surface area contributed by atoms with E-state index >= 15 is 0 Å². The maximum atomic E-state index is 13.8. The minimum absolute atomic E-state index is 0.0223. The topological polar surface area (TPSA) is 89.3 Å². The SMILES string of the molecule is Cn1c(=O)c(Oc2ccccc2F)cc2cnc(NCC(C)(C)O)nc21. The zero-order valence-electron chi connectivity index (χ0n) is 14.7. The fourth-order valence-corrected chi connectivity index (χ4v) is 2.32. The Morgan fingerprint density at radius 3 is 2.73 bits per heavy atom. The molecule has 0 bridgehead atoms. The number of anilines is 1. The van der Waals surface area contributed by atoms with Crippen molar-refractivity contribution in [2.24, 2.45) is 7.05 Å². The number of ether oxygens (including phenoxy) is 1. The van der Waals surface area contributed by atoms with Crippen LogP contribution in [-0.2, 0) is 7.05 Å². The van der Waals surface area contributed by atoms with Gasteiger partial charge >= 0.3 is 0 Å². The first kappa shape index (κ1) is 17.8. The third-order valence-electron chi connectivity index (χ3n) is 3.65. The summed E-state index contributed by atoms with van der Waals surface area (Å²) in [5.41, 5.74) is -0.987. The van der Waals surface area contributed by atoms with E-state index < -0.39 is 17.0 Å². The van der Waals surface area contributed by atoms with Gasteiger partial charge in [0, 0.05) is 25.2 Å². The number of halogens is 1. The Hall–Kier alpha value is -3.00. The molecule has 7 nitrogen and oxygen atoms in total. The highest BCUT2D eigenvalue weighted by atomic mass is 19.1. The number of pyridine rings is 1. The van der Waals surface area contributed by atoms with Crippen molar-refractivity contribution in [3.05, 3.63) is 52.7 Å². The van der Waals surface area contributed by atoms with Crippen molar-refractivity contribution >= 4 is 17.0 Å². The smallest absolute Gasteiger partial charge is 0.294 e. The van der Waals surface area contributed by atoms with E-state index in [1.807, 2.05) is 0 Å². The highest BCUT2D eigenvalue weighted by Gasteiger charge is 2.15. The van der Waals surface area contributed by atoms with Gasteiger partial charge in [-0.05, 0) is 32.0 Å². The summed E-state index contributed by atoms with van der Waals surface area (Å²) >= 11 is 0. The molecule has 0 atom stereocenters. The van der Waals surface area contributed by atoms with Gasteiger partial charge in [-0.1, -0.05) is 12.1 Å². The van der Waals surface area contributed by atoms with Crippen LogP contribution in [0.15, 0.2) is 41.3 Å². The van der Waals surface area contributed by atoms with Gasteiger partial charge in [0.25, 0.3) is 5.56 Å². The number of nitrogens with zero attached hydrogens (tertiary/aromatic N) is 3. The number of aliphatic hydroxyl groups is 1. The Balaban J connectivity index is 1.98. The van der Waals surface area contributed by atoms with Crippen LogP contribution >= 0.6 is 0 Å². The first-order valence-electron chi connectivity index (χ1n) is 8.00. The van der Waals surface area contributed by atoms with E-state index in [1.165, 1.54) is 35.0 Å². The normalized spacial score (nSPS) is 11.6. The van der Waals surface area contributed by atoms with E-state index in [0.29, 0.717) is 11.0 Å². The van der Waals surface area contributed by atoms with Crippen molar-refractivity contribution in [2.75, 3.05) is 11.9 Å². The van der Waals surface area contributed by atoms with Crippen molar-refractivity contribution in [3.63, 3.8) is 0 Å². The summed E-state index contributed by atoms with van der Waals surface area (Å²) in [6, 6.07) is 7.33. The summed E-state index contributed by atoms with van der Waals surface area (Å²) in [5, 5.41) is 13.2. The number of fused-ring (bicyclic) bond motifs is 1. The van der Waals surface area contributed by atoms with E-state index in [9.17, 15) is 14.3 Å². The Morgan fingerprint density at radius 2 is 2.04 bits per heavy atom. The highest BCUT2D eigenvalue weighted by Crippen LogP contribution is 2.24. The van der Waals surface area contributed by atoms with Gasteiger partial charge in [-0.3, -0.25) is 9.36 Å². The molecule has 0 spiro atoms. The van der Waals surface area contributed by atoms with Gasteiger partial charge in [-0.15, -0.1) is 0 Å². The van der Waals surface area contributed by atoms with Gasteiger partial charge in [0.2, 0.25) is 5.95 Å². The van der Waals surface area contributed by atoms with E-state index in [0.717, 1.165) is 0 Å². The van der Waals surface area contributed by atoms with Gasteiger partial charge in [0.15, 0.2) is 17.3 Å². The number of aryl methyl sites for hydroxylation is 1. The molecule has 0 saturated heterocycles. The second-order valence-corrected chi connectivity index (χ2v) is 6.54. The molecule has 2 heterocycles. The standard InChI is InChI=1S/C18H19FN4O3/c1-18(2,25)10-21-17-20-9-11-8-14(16(24)23(3)15(11)22-17)26-13-7-5-4-6-12(13)19/h4-9,25H,10H2,1-3H3,(H,20,21,22). The minimum atomic E-state index is -0.929. The van der Waals surface area contributed by atoms with Crippen molar-refractivity contribution < 1.29 is 14.2 Å². The molecular weight excluding hydrogens is 339 g/mol. The summed E-state index contributed by atoms with van der Waals surface area (Å²) in [4.78, 5) is 21.0. The minimum Gasteiger partial charge on any atom is -0.448 e. The van der Waals surface area contributed by atoms with Gasteiger partial charge in [0.05, 0.1) is 5.60 Å². The second-order valence-electron chi connectivity index (χ2n) is 6.54. The van der Waals surface area contributed by atoms with Crippen LogP contribution in [0.3, 0.4) is 0 Å². The van der Waals surface area contributed by atoms with Crippen LogP contribution in [-0.4, -0.2) is 31.8 Å². The van der Waals surface area contributed by atoms with Crippen LogP contribution in [0.1, 0.15) is 13.8 Å². The number of aromatic nitrogens is 3. The molecule has 2 aromatic heterocycles. The highest BCUT2D eigenvalue weighted by molar-refractivity contribution is 5.76. The number of para-hydroxylation sites is 1. The van der Waals surface area contributed by atoms with Crippen LogP contribution in [0, 0.1) is 5.82 Å². The number of rotatable bonds is 5. The van der Waals surface area contributed by atoms with Crippen molar-refractivity contribution in [1.29, 1.82) is 0 Å². The molecule has 1 aromatic carbocycles.